The Morgan fingerprint density at radius 3 is 1.74 bits per heavy atom. The Morgan fingerprint density at radius 1 is 0.947 bits per heavy atom. The van der Waals surface area contributed by atoms with E-state index in [9.17, 15) is 0 Å². The Morgan fingerprint density at radius 2 is 1.42 bits per heavy atom. The second-order valence-electron chi connectivity index (χ2n) is 4.44. The molecule has 0 heterocycles. The van der Waals surface area contributed by atoms with E-state index in [-0.39, 0.29) is 5.67 Å². The molecule has 19 heavy (non-hydrogen) atoms. The predicted molar refractivity (Wildman–Crippen MR) is 82.7 cm³/mol. The zero-order valence-electron chi connectivity index (χ0n) is 13.5. The van der Waals surface area contributed by atoms with Gasteiger partial charge in [-0.25, -0.2) is 0 Å². The van der Waals surface area contributed by atoms with Gasteiger partial charge in [-0.1, -0.05) is 20.3 Å². The second kappa shape index (κ2) is 10.5. The SMILES string of the molecule is CCC/C(C)=N/C(CC)[Si](OCC)(OCC)OCC. The van der Waals surface area contributed by atoms with Crippen LogP contribution in [0.5, 0.6) is 0 Å². The minimum absolute atomic E-state index is 0.0129. The highest BCUT2D eigenvalue weighted by atomic mass is 28.4. The molecule has 0 aromatic rings. The average Bonchev–Trinajstić information content (AvgIpc) is 2.37. The Balaban J connectivity index is 5.18. The van der Waals surface area contributed by atoms with Crippen LogP contribution in [0.15, 0.2) is 4.99 Å². The van der Waals surface area contributed by atoms with Gasteiger partial charge in [0.1, 0.15) is 5.67 Å². The molecule has 0 spiro atoms. The van der Waals surface area contributed by atoms with Crippen molar-refractivity contribution in [2.75, 3.05) is 19.8 Å². The maximum atomic E-state index is 5.93. The Labute approximate surface area is 119 Å². The van der Waals surface area contributed by atoms with Gasteiger partial charge in [-0.15, -0.1) is 0 Å². The molecular weight excluding hydrogens is 258 g/mol. The Kier molecular flexibility index (Phi) is 10.4. The quantitative estimate of drug-likeness (QED) is 0.431. The van der Waals surface area contributed by atoms with E-state index in [2.05, 4.69) is 20.8 Å². The first-order valence-electron chi connectivity index (χ1n) is 7.55. The number of hydrogen-bond donors (Lipinski definition) is 0. The highest BCUT2D eigenvalue weighted by Crippen LogP contribution is 2.21. The molecule has 1 unspecified atom stereocenters. The molecule has 5 heteroatoms. The van der Waals surface area contributed by atoms with E-state index in [0.29, 0.717) is 19.8 Å². The number of hydrogen-bond acceptors (Lipinski definition) is 4. The standard InChI is InChI=1S/C14H31NO3Si/c1-7-12-13(6)15-14(8-2)19(16-9-3,17-10-4)18-11-5/h14H,7-12H2,1-6H3/b15-13+. The van der Waals surface area contributed by atoms with Crippen molar-refractivity contribution >= 4 is 14.5 Å². The third-order valence-electron chi connectivity index (χ3n) is 2.82. The first-order valence-corrected chi connectivity index (χ1v) is 9.35. The van der Waals surface area contributed by atoms with Gasteiger partial charge in [0.2, 0.25) is 0 Å². The first-order chi connectivity index (χ1) is 9.10. The van der Waals surface area contributed by atoms with E-state index in [4.69, 9.17) is 18.3 Å². The topological polar surface area (TPSA) is 40.0 Å². The normalized spacial score (nSPS) is 14.7. The van der Waals surface area contributed by atoms with E-state index >= 15 is 0 Å². The first kappa shape index (κ1) is 18.8. The molecule has 0 saturated carbocycles. The molecule has 0 aliphatic carbocycles. The molecule has 0 amide bonds. The maximum Gasteiger partial charge on any atom is 0.526 e. The zero-order chi connectivity index (χ0) is 14.7. The van der Waals surface area contributed by atoms with Crippen molar-refractivity contribution in [2.24, 2.45) is 4.99 Å². The fourth-order valence-corrected chi connectivity index (χ4v) is 5.04. The minimum Gasteiger partial charge on any atom is -0.373 e. The second-order valence-corrected chi connectivity index (χ2v) is 7.18. The van der Waals surface area contributed by atoms with Crippen LogP contribution in [0.1, 0.15) is 60.8 Å². The van der Waals surface area contributed by atoms with Crippen molar-refractivity contribution in [2.45, 2.75) is 66.5 Å². The van der Waals surface area contributed by atoms with Crippen molar-refractivity contribution < 1.29 is 13.3 Å². The summed E-state index contributed by atoms with van der Waals surface area (Å²) in [6.07, 6.45) is 3.01. The lowest BCUT2D eigenvalue weighted by molar-refractivity contribution is 0.0621. The molecule has 1 atom stereocenters. The van der Waals surface area contributed by atoms with Crippen molar-refractivity contribution in [3.05, 3.63) is 0 Å². The highest BCUT2D eigenvalue weighted by Gasteiger charge is 2.48. The van der Waals surface area contributed by atoms with Crippen LogP contribution in [0.25, 0.3) is 0 Å². The van der Waals surface area contributed by atoms with Gasteiger partial charge in [-0.05, 0) is 40.5 Å². The lowest BCUT2D eigenvalue weighted by atomic mass is 10.2. The van der Waals surface area contributed by atoms with Gasteiger partial charge in [0.15, 0.2) is 0 Å². The molecule has 4 nitrogen and oxygen atoms in total. The lowest BCUT2D eigenvalue weighted by Gasteiger charge is -2.33. The third-order valence-corrected chi connectivity index (χ3v) is 6.25. The van der Waals surface area contributed by atoms with Crippen LogP contribution in [0.3, 0.4) is 0 Å². The summed E-state index contributed by atoms with van der Waals surface area (Å²) in [6, 6.07) is 0. The molecule has 0 aromatic carbocycles. The molecule has 0 bridgehead atoms. The average molecular weight is 289 g/mol. The summed E-state index contributed by atoms with van der Waals surface area (Å²) < 4.78 is 17.8. The third kappa shape index (κ3) is 6.16. The summed E-state index contributed by atoms with van der Waals surface area (Å²) in [5.74, 6) is 0. The van der Waals surface area contributed by atoms with Crippen molar-refractivity contribution in [3.63, 3.8) is 0 Å². The van der Waals surface area contributed by atoms with Crippen LogP contribution < -0.4 is 0 Å². The molecule has 0 saturated heterocycles. The monoisotopic (exact) mass is 289 g/mol. The van der Waals surface area contributed by atoms with E-state index < -0.39 is 8.80 Å². The molecule has 0 aliphatic heterocycles. The van der Waals surface area contributed by atoms with Gasteiger partial charge in [-0.3, -0.25) is 4.99 Å². The van der Waals surface area contributed by atoms with E-state index in [1.807, 2.05) is 20.8 Å². The Bertz CT molecular complexity index is 242. The molecule has 0 rings (SSSR count). The summed E-state index contributed by atoms with van der Waals surface area (Å²) in [7, 11) is -2.70. The number of rotatable bonds is 11. The minimum atomic E-state index is -2.70. The Hall–Kier alpha value is -0.233. The van der Waals surface area contributed by atoms with Gasteiger partial charge >= 0.3 is 8.80 Å². The van der Waals surface area contributed by atoms with Gasteiger partial charge in [0.25, 0.3) is 0 Å². The molecule has 114 valence electrons. The van der Waals surface area contributed by atoms with Gasteiger partial charge in [0.05, 0.1) is 0 Å². The molecule has 0 aromatic heterocycles. The number of nitrogens with zero attached hydrogens (tertiary/aromatic N) is 1. The summed E-state index contributed by atoms with van der Waals surface area (Å²) >= 11 is 0. The van der Waals surface area contributed by atoms with E-state index in [1.54, 1.807) is 0 Å². The van der Waals surface area contributed by atoms with E-state index in [0.717, 1.165) is 25.0 Å². The maximum absolute atomic E-state index is 5.93. The molecule has 0 radical (unpaired) electrons. The predicted octanol–water partition coefficient (Wildman–Crippen LogP) is 3.61. The lowest BCUT2D eigenvalue weighted by Crippen LogP contribution is -2.56. The van der Waals surface area contributed by atoms with Gasteiger partial charge < -0.3 is 13.3 Å². The van der Waals surface area contributed by atoms with Crippen LogP contribution >= 0.6 is 0 Å². The van der Waals surface area contributed by atoms with Crippen molar-refractivity contribution in [1.29, 1.82) is 0 Å². The summed E-state index contributed by atoms with van der Waals surface area (Å²) in [4.78, 5) is 4.82. The van der Waals surface area contributed by atoms with Crippen LogP contribution in [-0.2, 0) is 13.3 Å². The number of aliphatic imine (C=N–C) groups is 1. The summed E-state index contributed by atoms with van der Waals surface area (Å²) in [5.41, 5.74) is 1.17. The van der Waals surface area contributed by atoms with Crippen LogP contribution in [-0.4, -0.2) is 40.0 Å². The molecular formula is C14H31NO3Si. The van der Waals surface area contributed by atoms with Crippen LogP contribution in [0, 0.1) is 0 Å². The summed E-state index contributed by atoms with van der Waals surface area (Å²) in [6.45, 7) is 14.1. The van der Waals surface area contributed by atoms with Gasteiger partial charge in [0, 0.05) is 25.5 Å². The van der Waals surface area contributed by atoms with Crippen LogP contribution in [0.2, 0.25) is 0 Å². The molecule has 0 N–H and O–H groups in total. The smallest absolute Gasteiger partial charge is 0.373 e. The zero-order valence-corrected chi connectivity index (χ0v) is 14.5. The van der Waals surface area contributed by atoms with Crippen molar-refractivity contribution in [3.8, 4) is 0 Å². The van der Waals surface area contributed by atoms with Crippen LogP contribution in [0.4, 0.5) is 0 Å². The summed E-state index contributed by atoms with van der Waals surface area (Å²) in [5, 5.41) is 0. The van der Waals surface area contributed by atoms with Crippen molar-refractivity contribution in [1.82, 2.24) is 0 Å². The fraction of sp³-hybridized carbons (Fsp3) is 0.929. The molecule has 0 aliphatic rings. The molecule has 0 fully saturated rings. The largest absolute Gasteiger partial charge is 0.526 e. The highest BCUT2D eigenvalue weighted by molar-refractivity contribution is 6.62. The van der Waals surface area contributed by atoms with E-state index in [1.165, 1.54) is 0 Å². The van der Waals surface area contributed by atoms with Gasteiger partial charge in [-0.2, -0.15) is 0 Å². The fourth-order valence-electron chi connectivity index (χ4n) is 2.13.